The molecule has 2 heteroatoms. The van der Waals surface area contributed by atoms with Crippen LogP contribution in [0.1, 0.15) is 26.7 Å². The standard InChI is InChI=1S/C8H16O2/c1-3-4-8(10)6-5-7(2)9/h3-4,7-10H,5-6H2,1-2H3. The lowest BCUT2D eigenvalue weighted by molar-refractivity contribution is 0.146. The number of aliphatic hydroxyl groups excluding tert-OH is 2. The third-order valence-electron chi connectivity index (χ3n) is 1.29. The monoisotopic (exact) mass is 144 g/mol. The number of allylic oxidation sites excluding steroid dienone is 1. The van der Waals surface area contributed by atoms with Crippen molar-refractivity contribution in [3.63, 3.8) is 0 Å². The summed E-state index contributed by atoms with van der Waals surface area (Å²) < 4.78 is 0. The van der Waals surface area contributed by atoms with Crippen LogP contribution in [0.4, 0.5) is 0 Å². The summed E-state index contributed by atoms with van der Waals surface area (Å²) in [7, 11) is 0. The average Bonchev–Trinajstić information content (AvgIpc) is 1.85. The highest BCUT2D eigenvalue weighted by Crippen LogP contribution is 2.01. The molecule has 0 fully saturated rings. The highest BCUT2D eigenvalue weighted by Gasteiger charge is 2.00. The van der Waals surface area contributed by atoms with Crippen LogP contribution < -0.4 is 0 Å². The van der Waals surface area contributed by atoms with Crippen LogP contribution in [0.15, 0.2) is 12.2 Å². The van der Waals surface area contributed by atoms with Gasteiger partial charge in [-0.2, -0.15) is 0 Å². The molecule has 2 nitrogen and oxygen atoms in total. The summed E-state index contributed by atoms with van der Waals surface area (Å²) in [6, 6.07) is 0. The van der Waals surface area contributed by atoms with Crippen molar-refractivity contribution in [2.75, 3.05) is 0 Å². The third-order valence-corrected chi connectivity index (χ3v) is 1.29. The highest BCUT2D eigenvalue weighted by atomic mass is 16.3. The van der Waals surface area contributed by atoms with Gasteiger partial charge in [0.05, 0.1) is 12.2 Å². The summed E-state index contributed by atoms with van der Waals surface area (Å²) in [6.07, 6.45) is 4.14. The molecule has 0 aromatic carbocycles. The molecule has 0 amide bonds. The lowest BCUT2D eigenvalue weighted by atomic mass is 10.1. The third kappa shape index (κ3) is 5.79. The fourth-order valence-electron chi connectivity index (χ4n) is 0.730. The van der Waals surface area contributed by atoms with E-state index in [9.17, 15) is 0 Å². The molecule has 2 atom stereocenters. The van der Waals surface area contributed by atoms with Crippen LogP contribution >= 0.6 is 0 Å². The Kier molecular flexibility index (Phi) is 5.26. The maximum Gasteiger partial charge on any atom is 0.0721 e. The van der Waals surface area contributed by atoms with Crippen molar-refractivity contribution in [3.05, 3.63) is 12.2 Å². The predicted octanol–water partition coefficient (Wildman–Crippen LogP) is 1.08. The van der Waals surface area contributed by atoms with Crippen LogP contribution in [-0.2, 0) is 0 Å². The molecule has 0 saturated carbocycles. The van der Waals surface area contributed by atoms with Gasteiger partial charge in [0.1, 0.15) is 0 Å². The molecular formula is C8H16O2. The molecule has 0 aliphatic carbocycles. The summed E-state index contributed by atoms with van der Waals surface area (Å²) in [5.74, 6) is 0. The zero-order chi connectivity index (χ0) is 7.98. The van der Waals surface area contributed by atoms with Crippen LogP contribution in [0.3, 0.4) is 0 Å². The number of aliphatic hydroxyl groups is 2. The molecule has 2 unspecified atom stereocenters. The summed E-state index contributed by atoms with van der Waals surface area (Å²) in [4.78, 5) is 0. The Balaban J connectivity index is 3.30. The Morgan fingerprint density at radius 3 is 2.30 bits per heavy atom. The van der Waals surface area contributed by atoms with Crippen molar-refractivity contribution in [2.45, 2.75) is 38.9 Å². The Hall–Kier alpha value is -0.340. The molecule has 0 aliphatic heterocycles. The molecule has 0 bridgehead atoms. The second-order valence-corrected chi connectivity index (χ2v) is 2.52. The molecule has 0 radical (unpaired) electrons. The maximum atomic E-state index is 9.10. The fourth-order valence-corrected chi connectivity index (χ4v) is 0.730. The second-order valence-electron chi connectivity index (χ2n) is 2.52. The van der Waals surface area contributed by atoms with Crippen molar-refractivity contribution < 1.29 is 10.2 Å². The molecule has 0 aliphatic rings. The zero-order valence-corrected chi connectivity index (χ0v) is 6.62. The lowest BCUT2D eigenvalue weighted by Gasteiger charge is -2.06. The van der Waals surface area contributed by atoms with Crippen molar-refractivity contribution in [3.8, 4) is 0 Å². The van der Waals surface area contributed by atoms with Gasteiger partial charge in [0.2, 0.25) is 0 Å². The van der Waals surface area contributed by atoms with Crippen LogP contribution in [-0.4, -0.2) is 22.4 Å². The van der Waals surface area contributed by atoms with Gasteiger partial charge in [-0.3, -0.25) is 0 Å². The van der Waals surface area contributed by atoms with E-state index in [1.807, 2.05) is 13.0 Å². The van der Waals surface area contributed by atoms with Crippen LogP contribution in [0, 0.1) is 0 Å². The van der Waals surface area contributed by atoms with Gasteiger partial charge in [0, 0.05) is 0 Å². The zero-order valence-electron chi connectivity index (χ0n) is 6.62. The van der Waals surface area contributed by atoms with E-state index in [4.69, 9.17) is 10.2 Å². The smallest absolute Gasteiger partial charge is 0.0721 e. The normalized spacial score (nSPS) is 17.6. The first-order chi connectivity index (χ1) is 4.66. The topological polar surface area (TPSA) is 40.5 Å². The average molecular weight is 144 g/mol. The largest absolute Gasteiger partial charge is 0.393 e. The maximum absolute atomic E-state index is 9.10. The molecule has 0 saturated heterocycles. The Bertz CT molecular complexity index is 97.4. The highest BCUT2D eigenvalue weighted by molar-refractivity contribution is 4.85. The van der Waals surface area contributed by atoms with Gasteiger partial charge in [0.25, 0.3) is 0 Å². The van der Waals surface area contributed by atoms with Gasteiger partial charge in [0.15, 0.2) is 0 Å². The number of hydrogen-bond donors (Lipinski definition) is 2. The first-order valence-corrected chi connectivity index (χ1v) is 3.65. The summed E-state index contributed by atoms with van der Waals surface area (Å²) >= 11 is 0. The van der Waals surface area contributed by atoms with Crippen molar-refractivity contribution in [1.82, 2.24) is 0 Å². The molecule has 60 valence electrons. The summed E-state index contributed by atoms with van der Waals surface area (Å²) in [5.41, 5.74) is 0. The lowest BCUT2D eigenvalue weighted by Crippen LogP contribution is -2.07. The molecule has 0 spiro atoms. The minimum Gasteiger partial charge on any atom is -0.393 e. The van der Waals surface area contributed by atoms with Crippen molar-refractivity contribution in [2.24, 2.45) is 0 Å². The van der Waals surface area contributed by atoms with E-state index in [2.05, 4.69) is 0 Å². The van der Waals surface area contributed by atoms with E-state index in [0.717, 1.165) is 0 Å². The molecule has 0 rings (SSSR count). The van der Waals surface area contributed by atoms with E-state index >= 15 is 0 Å². The molecular weight excluding hydrogens is 128 g/mol. The Morgan fingerprint density at radius 1 is 1.30 bits per heavy atom. The second kappa shape index (κ2) is 5.45. The quantitative estimate of drug-likeness (QED) is 0.580. The molecule has 0 aromatic rings. The summed E-state index contributed by atoms with van der Waals surface area (Å²) in [6.45, 7) is 3.59. The van der Waals surface area contributed by atoms with E-state index in [1.165, 1.54) is 0 Å². The molecule has 0 aromatic heterocycles. The first-order valence-electron chi connectivity index (χ1n) is 3.65. The Morgan fingerprint density at radius 2 is 1.90 bits per heavy atom. The van der Waals surface area contributed by atoms with E-state index in [-0.39, 0.29) is 12.2 Å². The first kappa shape index (κ1) is 9.66. The van der Waals surface area contributed by atoms with Gasteiger partial charge in [-0.25, -0.2) is 0 Å². The molecule has 0 heterocycles. The van der Waals surface area contributed by atoms with Crippen molar-refractivity contribution in [1.29, 1.82) is 0 Å². The number of rotatable bonds is 4. The molecule has 2 N–H and O–H groups in total. The van der Waals surface area contributed by atoms with Crippen LogP contribution in [0.5, 0.6) is 0 Å². The fraction of sp³-hybridized carbons (Fsp3) is 0.750. The van der Waals surface area contributed by atoms with Crippen LogP contribution in [0.2, 0.25) is 0 Å². The van der Waals surface area contributed by atoms with Crippen molar-refractivity contribution >= 4 is 0 Å². The minimum absolute atomic E-state index is 0.306. The molecule has 10 heavy (non-hydrogen) atoms. The van der Waals surface area contributed by atoms with Gasteiger partial charge >= 0.3 is 0 Å². The van der Waals surface area contributed by atoms with Gasteiger partial charge in [-0.05, 0) is 26.7 Å². The van der Waals surface area contributed by atoms with E-state index < -0.39 is 0 Å². The van der Waals surface area contributed by atoms with E-state index in [0.29, 0.717) is 12.8 Å². The van der Waals surface area contributed by atoms with Gasteiger partial charge in [-0.15, -0.1) is 0 Å². The van der Waals surface area contributed by atoms with Gasteiger partial charge < -0.3 is 10.2 Å². The number of hydrogen-bond acceptors (Lipinski definition) is 2. The van der Waals surface area contributed by atoms with Gasteiger partial charge in [-0.1, -0.05) is 12.2 Å². The summed E-state index contributed by atoms with van der Waals surface area (Å²) in [5, 5.41) is 17.9. The minimum atomic E-state index is -0.389. The van der Waals surface area contributed by atoms with E-state index in [1.54, 1.807) is 13.0 Å². The van der Waals surface area contributed by atoms with Crippen LogP contribution in [0.25, 0.3) is 0 Å². The predicted molar refractivity (Wildman–Crippen MR) is 41.7 cm³/mol. The SMILES string of the molecule is CC=CC(O)CCC(C)O. The Labute approximate surface area is 62.2 Å².